The highest BCUT2D eigenvalue weighted by Crippen LogP contribution is 2.23. The summed E-state index contributed by atoms with van der Waals surface area (Å²) in [5, 5.41) is 3.21. The van der Waals surface area contributed by atoms with Crippen LogP contribution in [0.5, 0.6) is 0 Å². The van der Waals surface area contributed by atoms with E-state index in [1.807, 2.05) is 0 Å². The summed E-state index contributed by atoms with van der Waals surface area (Å²) < 4.78 is 5.53. The van der Waals surface area contributed by atoms with Crippen molar-refractivity contribution in [3.63, 3.8) is 0 Å². The number of hydrogen-bond donors (Lipinski definition) is 1. The van der Waals surface area contributed by atoms with E-state index in [-0.39, 0.29) is 11.9 Å². The van der Waals surface area contributed by atoms with Crippen molar-refractivity contribution in [1.82, 2.24) is 5.32 Å². The molecule has 0 saturated carbocycles. The van der Waals surface area contributed by atoms with Crippen molar-refractivity contribution in [1.29, 1.82) is 0 Å². The molecule has 0 spiro atoms. The van der Waals surface area contributed by atoms with Crippen LogP contribution in [0.3, 0.4) is 0 Å². The van der Waals surface area contributed by atoms with Crippen LogP contribution in [0.15, 0.2) is 22.7 Å². The summed E-state index contributed by atoms with van der Waals surface area (Å²) in [6, 6.07) is 4.98. The maximum absolute atomic E-state index is 11.8. The number of carbonyl (C=O) groups is 2. The summed E-state index contributed by atoms with van der Waals surface area (Å²) in [7, 11) is 0. The Bertz CT molecular complexity index is 465. The molecule has 19 heavy (non-hydrogen) atoms. The fourth-order valence-electron chi connectivity index (χ4n) is 1.41. The second-order valence-electron chi connectivity index (χ2n) is 3.79. The number of carbonyl (C=O) groups excluding carboxylic acids is 2. The van der Waals surface area contributed by atoms with Gasteiger partial charge in [0.15, 0.2) is 0 Å². The van der Waals surface area contributed by atoms with Gasteiger partial charge in [-0.2, -0.15) is 0 Å². The summed E-state index contributed by atoms with van der Waals surface area (Å²) in [4.78, 5) is 22.9. The molecule has 0 fully saturated rings. The third-order valence-corrected chi connectivity index (χ3v) is 3.56. The van der Waals surface area contributed by atoms with Crippen LogP contribution in [0.4, 0.5) is 0 Å². The Balaban J connectivity index is 2.35. The van der Waals surface area contributed by atoms with Gasteiger partial charge in [-0.25, -0.2) is 0 Å². The maximum Gasteiger partial charge on any atom is 0.305 e. The second kappa shape index (κ2) is 8.17. The third-order valence-electron chi connectivity index (χ3n) is 2.33. The Morgan fingerprint density at radius 3 is 2.79 bits per heavy atom. The van der Waals surface area contributed by atoms with Gasteiger partial charge in [-0.3, -0.25) is 9.59 Å². The Hall–Kier alpha value is -1.07. The van der Waals surface area contributed by atoms with Gasteiger partial charge < -0.3 is 10.1 Å². The molecule has 0 aliphatic rings. The highest BCUT2D eigenvalue weighted by molar-refractivity contribution is 9.10. The molecule has 0 aliphatic heterocycles. The molecule has 1 rings (SSSR count). The van der Waals surface area contributed by atoms with Crippen LogP contribution in [0.25, 0.3) is 0 Å². The SMILES string of the molecule is CCOC(=O)CCCNC(=O)c1ccc(Br)c(Cl)c1. The van der Waals surface area contributed by atoms with Crippen molar-refractivity contribution in [3.8, 4) is 0 Å². The van der Waals surface area contributed by atoms with Gasteiger partial charge in [0, 0.05) is 23.0 Å². The lowest BCUT2D eigenvalue weighted by Gasteiger charge is -2.06. The topological polar surface area (TPSA) is 55.4 Å². The van der Waals surface area contributed by atoms with Crippen molar-refractivity contribution in [2.45, 2.75) is 19.8 Å². The Morgan fingerprint density at radius 1 is 1.42 bits per heavy atom. The van der Waals surface area contributed by atoms with Crippen LogP contribution >= 0.6 is 27.5 Å². The second-order valence-corrected chi connectivity index (χ2v) is 5.05. The van der Waals surface area contributed by atoms with Crippen LogP contribution in [0.2, 0.25) is 5.02 Å². The first-order valence-electron chi connectivity index (χ1n) is 5.93. The van der Waals surface area contributed by atoms with Crippen molar-refractivity contribution in [2.75, 3.05) is 13.2 Å². The summed E-state index contributed by atoms with van der Waals surface area (Å²) in [6.07, 6.45) is 0.851. The van der Waals surface area contributed by atoms with Crippen LogP contribution < -0.4 is 5.32 Å². The minimum Gasteiger partial charge on any atom is -0.466 e. The molecular weight excluding hydrogens is 334 g/mol. The molecule has 0 aromatic heterocycles. The minimum absolute atomic E-state index is 0.210. The van der Waals surface area contributed by atoms with E-state index in [0.717, 1.165) is 4.47 Å². The van der Waals surface area contributed by atoms with E-state index in [4.69, 9.17) is 16.3 Å². The van der Waals surface area contributed by atoms with Gasteiger partial charge >= 0.3 is 5.97 Å². The van der Waals surface area contributed by atoms with Gasteiger partial charge in [-0.15, -0.1) is 0 Å². The normalized spacial score (nSPS) is 10.1. The number of rotatable bonds is 6. The molecule has 1 amide bonds. The summed E-state index contributed by atoms with van der Waals surface area (Å²) >= 11 is 9.17. The molecule has 1 N–H and O–H groups in total. The summed E-state index contributed by atoms with van der Waals surface area (Å²) in [6.45, 7) is 2.56. The third kappa shape index (κ3) is 5.61. The van der Waals surface area contributed by atoms with Gasteiger partial charge in [-0.05, 0) is 47.5 Å². The zero-order valence-corrected chi connectivity index (χ0v) is 12.9. The minimum atomic E-state index is -0.247. The van der Waals surface area contributed by atoms with Crippen LogP contribution in [-0.2, 0) is 9.53 Å². The number of amides is 1. The number of ether oxygens (including phenoxy) is 1. The van der Waals surface area contributed by atoms with E-state index in [2.05, 4.69) is 21.2 Å². The Morgan fingerprint density at radius 2 is 2.16 bits per heavy atom. The van der Waals surface area contributed by atoms with Crippen molar-refractivity contribution in [3.05, 3.63) is 33.3 Å². The molecule has 0 unspecified atom stereocenters. The molecule has 104 valence electrons. The highest BCUT2D eigenvalue weighted by atomic mass is 79.9. The monoisotopic (exact) mass is 347 g/mol. The molecule has 1 aromatic rings. The zero-order valence-electron chi connectivity index (χ0n) is 10.5. The lowest BCUT2D eigenvalue weighted by molar-refractivity contribution is -0.143. The van der Waals surface area contributed by atoms with Crippen LogP contribution in [0, 0.1) is 0 Å². The van der Waals surface area contributed by atoms with Crippen molar-refractivity contribution in [2.24, 2.45) is 0 Å². The van der Waals surface area contributed by atoms with Crippen LogP contribution in [0.1, 0.15) is 30.1 Å². The summed E-state index contributed by atoms with van der Waals surface area (Å²) in [5.74, 6) is -0.457. The lowest BCUT2D eigenvalue weighted by atomic mass is 10.2. The average Bonchev–Trinajstić information content (AvgIpc) is 2.38. The Labute approximate surface area is 125 Å². The number of esters is 1. The average molecular weight is 349 g/mol. The number of hydrogen-bond acceptors (Lipinski definition) is 3. The van der Waals surface area contributed by atoms with Crippen molar-refractivity contribution >= 4 is 39.4 Å². The van der Waals surface area contributed by atoms with Gasteiger partial charge in [0.25, 0.3) is 5.91 Å². The predicted molar refractivity (Wildman–Crippen MR) is 77.4 cm³/mol. The van der Waals surface area contributed by atoms with Crippen molar-refractivity contribution < 1.29 is 14.3 Å². The first kappa shape index (κ1) is 16.0. The van der Waals surface area contributed by atoms with E-state index in [9.17, 15) is 9.59 Å². The molecule has 0 saturated heterocycles. The quantitative estimate of drug-likeness (QED) is 0.634. The lowest BCUT2D eigenvalue weighted by Crippen LogP contribution is -2.25. The molecular formula is C13H15BrClNO3. The first-order chi connectivity index (χ1) is 9.04. The number of halogens is 2. The molecule has 6 heteroatoms. The van der Waals surface area contributed by atoms with Gasteiger partial charge in [0.05, 0.1) is 11.6 Å². The molecule has 0 bridgehead atoms. The first-order valence-corrected chi connectivity index (χ1v) is 7.10. The smallest absolute Gasteiger partial charge is 0.305 e. The standard InChI is InChI=1S/C13H15BrClNO3/c1-2-19-12(17)4-3-7-16-13(18)9-5-6-10(14)11(15)8-9/h5-6,8H,2-4,7H2,1H3,(H,16,18). The van der Waals surface area contributed by atoms with Crippen LogP contribution in [-0.4, -0.2) is 25.0 Å². The number of benzene rings is 1. The van der Waals surface area contributed by atoms with E-state index in [0.29, 0.717) is 36.6 Å². The number of nitrogens with one attached hydrogen (secondary N) is 1. The molecule has 0 radical (unpaired) electrons. The molecule has 4 nitrogen and oxygen atoms in total. The van der Waals surface area contributed by atoms with E-state index in [1.165, 1.54) is 0 Å². The molecule has 0 aliphatic carbocycles. The maximum atomic E-state index is 11.8. The van der Waals surface area contributed by atoms with E-state index < -0.39 is 0 Å². The van der Waals surface area contributed by atoms with Gasteiger partial charge in [0.2, 0.25) is 0 Å². The van der Waals surface area contributed by atoms with E-state index in [1.54, 1.807) is 25.1 Å². The van der Waals surface area contributed by atoms with Gasteiger partial charge in [0.1, 0.15) is 0 Å². The summed E-state index contributed by atoms with van der Waals surface area (Å²) in [5.41, 5.74) is 0.490. The fraction of sp³-hybridized carbons (Fsp3) is 0.385. The molecule has 1 aromatic carbocycles. The largest absolute Gasteiger partial charge is 0.466 e. The van der Waals surface area contributed by atoms with E-state index >= 15 is 0 Å². The highest BCUT2D eigenvalue weighted by Gasteiger charge is 2.08. The molecule has 0 heterocycles. The fourth-order valence-corrected chi connectivity index (χ4v) is 1.83. The van der Waals surface area contributed by atoms with Gasteiger partial charge in [-0.1, -0.05) is 11.6 Å². The Kier molecular flexibility index (Phi) is 6.87. The predicted octanol–water partition coefficient (Wildman–Crippen LogP) is 3.18. The zero-order chi connectivity index (χ0) is 14.3. The molecule has 0 atom stereocenters.